The van der Waals surface area contributed by atoms with Crippen molar-refractivity contribution in [2.45, 2.75) is 13.3 Å². The molecule has 2 nitrogen and oxygen atoms in total. The van der Waals surface area contributed by atoms with Crippen LogP contribution in [0.4, 0.5) is 4.39 Å². The molecule has 0 heterocycles. The molecule has 0 bridgehead atoms. The Labute approximate surface area is 119 Å². The van der Waals surface area contributed by atoms with E-state index in [1.54, 1.807) is 30.3 Å². The second kappa shape index (κ2) is 5.97. The molecule has 2 rings (SSSR count). The van der Waals surface area contributed by atoms with E-state index in [1.165, 1.54) is 12.1 Å². The molecule has 19 heavy (non-hydrogen) atoms. The van der Waals surface area contributed by atoms with Crippen LogP contribution in [-0.2, 0) is 0 Å². The molecule has 98 valence electrons. The fourth-order valence-corrected chi connectivity index (χ4v) is 1.92. The molecule has 0 aliphatic heterocycles. The van der Waals surface area contributed by atoms with Crippen LogP contribution in [0, 0.1) is 5.82 Å². The summed E-state index contributed by atoms with van der Waals surface area (Å²) in [5.41, 5.74) is 0.646. The van der Waals surface area contributed by atoms with E-state index in [9.17, 15) is 9.18 Å². The molecule has 0 aromatic heterocycles. The van der Waals surface area contributed by atoms with E-state index in [4.69, 9.17) is 4.74 Å². The van der Waals surface area contributed by atoms with Crippen LogP contribution >= 0.6 is 15.9 Å². The van der Waals surface area contributed by atoms with Gasteiger partial charge in [0.05, 0.1) is 4.47 Å². The summed E-state index contributed by atoms with van der Waals surface area (Å²) in [7, 11) is 0. The van der Waals surface area contributed by atoms with Gasteiger partial charge < -0.3 is 4.74 Å². The van der Waals surface area contributed by atoms with E-state index < -0.39 is 0 Å². The first-order valence-corrected chi connectivity index (χ1v) is 6.65. The quantitative estimate of drug-likeness (QED) is 0.742. The van der Waals surface area contributed by atoms with Gasteiger partial charge in [-0.3, -0.25) is 4.79 Å². The number of ether oxygens (including phenoxy) is 1. The molecule has 0 saturated carbocycles. The lowest BCUT2D eigenvalue weighted by molar-refractivity contribution is 0.0988. The zero-order valence-electron chi connectivity index (χ0n) is 10.3. The molecule has 0 unspecified atom stereocenters. The Kier molecular flexibility index (Phi) is 4.32. The summed E-state index contributed by atoms with van der Waals surface area (Å²) in [6, 6.07) is 11.0. The SMILES string of the molecule is CCC(=O)c1ccc(Oc2cc(F)ccc2Br)cc1. The van der Waals surface area contributed by atoms with Crippen LogP contribution in [0.1, 0.15) is 23.7 Å². The fraction of sp³-hybridized carbons (Fsp3) is 0.133. The summed E-state index contributed by atoms with van der Waals surface area (Å²) in [5.74, 6) is 0.669. The molecule has 4 heteroatoms. The van der Waals surface area contributed by atoms with Crippen molar-refractivity contribution in [3.8, 4) is 11.5 Å². The Bertz CT molecular complexity index is 594. The summed E-state index contributed by atoms with van der Waals surface area (Å²) in [4.78, 5) is 11.5. The fourth-order valence-electron chi connectivity index (χ4n) is 1.60. The predicted molar refractivity (Wildman–Crippen MR) is 75.2 cm³/mol. The number of halogens is 2. The Morgan fingerprint density at radius 1 is 1.21 bits per heavy atom. The van der Waals surface area contributed by atoms with Gasteiger partial charge >= 0.3 is 0 Å². The maximum absolute atomic E-state index is 13.1. The minimum atomic E-state index is -0.365. The predicted octanol–water partition coefficient (Wildman–Crippen LogP) is 4.97. The van der Waals surface area contributed by atoms with Gasteiger partial charge in [-0.05, 0) is 52.3 Å². The van der Waals surface area contributed by atoms with E-state index in [0.717, 1.165) is 0 Å². The van der Waals surface area contributed by atoms with Gasteiger partial charge in [0.25, 0.3) is 0 Å². The smallest absolute Gasteiger partial charge is 0.162 e. The van der Waals surface area contributed by atoms with Crippen LogP contribution in [0.3, 0.4) is 0 Å². The van der Waals surface area contributed by atoms with E-state index in [-0.39, 0.29) is 11.6 Å². The second-order valence-corrected chi connectivity index (χ2v) is 4.83. The maximum Gasteiger partial charge on any atom is 0.162 e. The molecular weight excluding hydrogens is 311 g/mol. The molecule has 0 atom stereocenters. The third kappa shape index (κ3) is 3.41. The number of Topliss-reactive ketones (excluding diaryl/α,β-unsaturated/α-hetero) is 1. The topological polar surface area (TPSA) is 26.3 Å². The number of carbonyl (C=O) groups excluding carboxylic acids is 1. The Balaban J connectivity index is 2.19. The van der Waals surface area contributed by atoms with Crippen LogP contribution in [0.2, 0.25) is 0 Å². The molecule has 2 aromatic rings. The largest absolute Gasteiger partial charge is 0.456 e. The zero-order valence-corrected chi connectivity index (χ0v) is 11.9. The molecule has 0 saturated heterocycles. The highest BCUT2D eigenvalue weighted by Crippen LogP contribution is 2.30. The molecular formula is C15H12BrFO2. The third-order valence-electron chi connectivity index (χ3n) is 2.62. The van der Waals surface area contributed by atoms with Crippen LogP contribution < -0.4 is 4.74 Å². The summed E-state index contributed by atoms with van der Waals surface area (Å²) in [6.07, 6.45) is 0.468. The third-order valence-corrected chi connectivity index (χ3v) is 3.27. The molecule has 0 N–H and O–H groups in total. The van der Waals surface area contributed by atoms with Gasteiger partial charge in [0.1, 0.15) is 17.3 Å². The van der Waals surface area contributed by atoms with Crippen molar-refractivity contribution in [2.24, 2.45) is 0 Å². The van der Waals surface area contributed by atoms with Crippen LogP contribution in [0.15, 0.2) is 46.9 Å². The molecule has 0 aliphatic rings. The maximum atomic E-state index is 13.1. The molecule has 2 aromatic carbocycles. The van der Waals surface area contributed by atoms with Gasteiger partial charge in [0.2, 0.25) is 0 Å². The van der Waals surface area contributed by atoms with E-state index in [1.807, 2.05) is 6.92 Å². The van der Waals surface area contributed by atoms with Gasteiger partial charge in [-0.15, -0.1) is 0 Å². The van der Waals surface area contributed by atoms with E-state index >= 15 is 0 Å². The molecule has 0 amide bonds. The summed E-state index contributed by atoms with van der Waals surface area (Å²) in [6.45, 7) is 1.82. The Hall–Kier alpha value is -1.68. The lowest BCUT2D eigenvalue weighted by atomic mass is 10.1. The number of hydrogen-bond acceptors (Lipinski definition) is 2. The minimum absolute atomic E-state index is 0.0819. The normalized spacial score (nSPS) is 10.3. The van der Waals surface area contributed by atoms with Crippen molar-refractivity contribution < 1.29 is 13.9 Å². The van der Waals surface area contributed by atoms with Gasteiger partial charge in [0.15, 0.2) is 5.78 Å². The second-order valence-electron chi connectivity index (χ2n) is 3.98. The Morgan fingerprint density at radius 2 is 1.89 bits per heavy atom. The first-order chi connectivity index (χ1) is 9.10. The van der Waals surface area contributed by atoms with Crippen molar-refractivity contribution >= 4 is 21.7 Å². The van der Waals surface area contributed by atoms with E-state index in [2.05, 4.69) is 15.9 Å². The zero-order chi connectivity index (χ0) is 13.8. The highest BCUT2D eigenvalue weighted by molar-refractivity contribution is 9.10. The number of carbonyl (C=O) groups is 1. The van der Waals surface area contributed by atoms with Gasteiger partial charge in [0, 0.05) is 18.1 Å². The lowest BCUT2D eigenvalue weighted by Crippen LogP contribution is -1.95. The number of benzene rings is 2. The highest BCUT2D eigenvalue weighted by Gasteiger charge is 2.06. The minimum Gasteiger partial charge on any atom is -0.456 e. The monoisotopic (exact) mass is 322 g/mol. The average Bonchev–Trinajstić information content (AvgIpc) is 2.43. The van der Waals surface area contributed by atoms with Crippen LogP contribution in [0.5, 0.6) is 11.5 Å². The van der Waals surface area contributed by atoms with Gasteiger partial charge in [-0.2, -0.15) is 0 Å². The van der Waals surface area contributed by atoms with Crippen LogP contribution in [-0.4, -0.2) is 5.78 Å². The van der Waals surface area contributed by atoms with E-state index in [0.29, 0.717) is 28.0 Å². The first kappa shape index (κ1) is 13.7. The van der Waals surface area contributed by atoms with Crippen molar-refractivity contribution in [1.29, 1.82) is 0 Å². The summed E-state index contributed by atoms with van der Waals surface area (Å²) >= 11 is 3.29. The summed E-state index contributed by atoms with van der Waals surface area (Å²) in [5, 5.41) is 0. The standard InChI is InChI=1S/C15H12BrFO2/c1-2-14(18)10-3-6-12(7-4-10)19-15-9-11(17)5-8-13(15)16/h3-9H,2H2,1H3. The summed E-state index contributed by atoms with van der Waals surface area (Å²) < 4.78 is 19.3. The number of ketones is 1. The molecule has 0 radical (unpaired) electrons. The number of rotatable bonds is 4. The van der Waals surface area contributed by atoms with Crippen molar-refractivity contribution in [2.75, 3.05) is 0 Å². The number of hydrogen-bond donors (Lipinski definition) is 0. The molecule has 0 aliphatic carbocycles. The first-order valence-electron chi connectivity index (χ1n) is 5.86. The lowest BCUT2D eigenvalue weighted by Gasteiger charge is -2.08. The van der Waals surface area contributed by atoms with Crippen molar-refractivity contribution in [1.82, 2.24) is 0 Å². The van der Waals surface area contributed by atoms with Crippen molar-refractivity contribution in [3.63, 3.8) is 0 Å². The van der Waals surface area contributed by atoms with Crippen LogP contribution in [0.25, 0.3) is 0 Å². The highest BCUT2D eigenvalue weighted by atomic mass is 79.9. The molecule has 0 spiro atoms. The van der Waals surface area contributed by atoms with Crippen molar-refractivity contribution in [3.05, 3.63) is 58.3 Å². The average molecular weight is 323 g/mol. The van der Waals surface area contributed by atoms with Gasteiger partial charge in [-0.25, -0.2) is 4.39 Å². The van der Waals surface area contributed by atoms with Gasteiger partial charge in [-0.1, -0.05) is 6.92 Å². The molecule has 0 fully saturated rings. The Morgan fingerprint density at radius 3 is 2.53 bits per heavy atom.